The third-order valence-corrected chi connectivity index (χ3v) is 3.95. The van der Waals surface area contributed by atoms with Gasteiger partial charge in [0.05, 0.1) is 12.3 Å². The highest BCUT2D eigenvalue weighted by Crippen LogP contribution is 2.28. The standard InChI is InChI=1S/C15H25NO/c1-2-14(15-10-6-12-17-15)16-11-5-9-13-7-3-4-8-13/h6,10,12-14,16H,2-5,7-9,11H2,1H3. The van der Waals surface area contributed by atoms with Gasteiger partial charge in [-0.3, -0.25) is 0 Å². The molecular formula is C15H25NO. The molecule has 2 rings (SSSR count). The van der Waals surface area contributed by atoms with Crippen LogP contribution in [0.3, 0.4) is 0 Å². The average Bonchev–Trinajstić information content (AvgIpc) is 3.01. The Balaban J connectivity index is 1.63. The summed E-state index contributed by atoms with van der Waals surface area (Å²) in [7, 11) is 0. The van der Waals surface area contributed by atoms with E-state index in [0.29, 0.717) is 6.04 Å². The maximum atomic E-state index is 5.45. The molecule has 0 amide bonds. The summed E-state index contributed by atoms with van der Waals surface area (Å²) in [5, 5.41) is 3.60. The van der Waals surface area contributed by atoms with Crippen LogP contribution in [0.15, 0.2) is 22.8 Å². The molecule has 0 radical (unpaired) electrons. The molecule has 1 aliphatic rings. The molecule has 2 nitrogen and oxygen atoms in total. The first kappa shape index (κ1) is 12.7. The van der Waals surface area contributed by atoms with Crippen LogP contribution in [0.2, 0.25) is 0 Å². The summed E-state index contributed by atoms with van der Waals surface area (Å²) < 4.78 is 5.45. The van der Waals surface area contributed by atoms with Crippen molar-refractivity contribution in [2.45, 2.75) is 57.9 Å². The molecule has 96 valence electrons. The number of nitrogens with one attached hydrogen (secondary N) is 1. The van der Waals surface area contributed by atoms with Crippen LogP contribution in [0, 0.1) is 5.92 Å². The van der Waals surface area contributed by atoms with Gasteiger partial charge in [-0.15, -0.1) is 0 Å². The Morgan fingerprint density at radius 2 is 2.24 bits per heavy atom. The van der Waals surface area contributed by atoms with E-state index in [0.717, 1.165) is 24.6 Å². The van der Waals surface area contributed by atoms with Gasteiger partial charge < -0.3 is 9.73 Å². The van der Waals surface area contributed by atoms with Gasteiger partial charge in [0.15, 0.2) is 0 Å². The lowest BCUT2D eigenvalue weighted by Gasteiger charge is -2.15. The van der Waals surface area contributed by atoms with Crippen LogP contribution >= 0.6 is 0 Å². The van der Waals surface area contributed by atoms with Crippen LogP contribution in [-0.2, 0) is 0 Å². The zero-order chi connectivity index (χ0) is 11.9. The predicted molar refractivity (Wildman–Crippen MR) is 70.9 cm³/mol. The van der Waals surface area contributed by atoms with Gasteiger partial charge in [0, 0.05) is 0 Å². The van der Waals surface area contributed by atoms with E-state index in [2.05, 4.69) is 18.3 Å². The van der Waals surface area contributed by atoms with E-state index in [9.17, 15) is 0 Å². The molecule has 1 fully saturated rings. The Kier molecular flexibility index (Phi) is 5.11. The van der Waals surface area contributed by atoms with E-state index < -0.39 is 0 Å². The SMILES string of the molecule is CCC(NCCCC1CCCC1)c1ccco1. The van der Waals surface area contributed by atoms with Crippen molar-refractivity contribution in [1.82, 2.24) is 5.32 Å². The molecule has 1 unspecified atom stereocenters. The minimum atomic E-state index is 0.397. The van der Waals surface area contributed by atoms with Crippen molar-refractivity contribution in [3.8, 4) is 0 Å². The van der Waals surface area contributed by atoms with E-state index in [1.54, 1.807) is 6.26 Å². The maximum Gasteiger partial charge on any atom is 0.120 e. The van der Waals surface area contributed by atoms with Crippen LogP contribution in [0.25, 0.3) is 0 Å². The van der Waals surface area contributed by atoms with Gasteiger partial charge in [-0.2, -0.15) is 0 Å². The molecule has 1 heterocycles. The highest BCUT2D eigenvalue weighted by molar-refractivity contribution is 5.03. The number of furan rings is 1. The average molecular weight is 235 g/mol. The fraction of sp³-hybridized carbons (Fsp3) is 0.733. The van der Waals surface area contributed by atoms with Gasteiger partial charge in [0.2, 0.25) is 0 Å². The van der Waals surface area contributed by atoms with Crippen molar-refractivity contribution in [3.05, 3.63) is 24.2 Å². The molecule has 1 aliphatic carbocycles. The van der Waals surface area contributed by atoms with Crippen LogP contribution < -0.4 is 5.32 Å². The summed E-state index contributed by atoms with van der Waals surface area (Å²) in [6.07, 6.45) is 11.4. The van der Waals surface area contributed by atoms with Crippen molar-refractivity contribution in [1.29, 1.82) is 0 Å². The molecule has 0 aromatic carbocycles. The fourth-order valence-electron chi connectivity index (χ4n) is 2.90. The molecule has 1 aromatic rings. The van der Waals surface area contributed by atoms with Gasteiger partial charge in [-0.25, -0.2) is 0 Å². The molecule has 0 bridgehead atoms. The van der Waals surface area contributed by atoms with Gasteiger partial charge >= 0.3 is 0 Å². The quantitative estimate of drug-likeness (QED) is 0.713. The van der Waals surface area contributed by atoms with Gasteiger partial charge in [-0.1, -0.05) is 32.6 Å². The van der Waals surface area contributed by atoms with Gasteiger partial charge in [0.1, 0.15) is 5.76 Å². The van der Waals surface area contributed by atoms with E-state index >= 15 is 0 Å². The normalized spacial score (nSPS) is 18.6. The molecule has 0 saturated heterocycles. The Bertz CT molecular complexity index is 288. The molecule has 1 aromatic heterocycles. The second-order valence-corrected chi connectivity index (χ2v) is 5.22. The first-order valence-corrected chi connectivity index (χ1v) is 7.17. The molecular weight excluding hydrogens is 210 g/mol. The summed E-state index contributed by atoms with van der Waals surface area (Å²) in [5.41, 5.74) is 0. The molecule has 1 atom stereocenters. The van der Waals surface area contributed by atoms with Crippen molar-refractivity contribution >= 4 is 0 Å². The first-order chi connectivity index (χ1) is 8.40. The van der Waals surface area contributed by atoms with Crippen LogP contribution in [0.5, 0.6) is 0 Å². The van der Waals surface area contributed by atoms with Crippen LogP contribution in [0.4, 0.5) is 0 Å². The lowest BCUT2D eigenvalue weighted by Crippen LogP contribution is -2.21. The molecule has 1 N–H and O–H groups in total. The van der Waals surface area contributed by atoms with E-state index in [-0.39, 0.29) is 0 Å². The summed E-state index contributed by atoms with van der Waals surface area (Å²) in [6.45, 7) is 3.33. The zero-order valence-corrected chi connectivity index (χ0v) is 11.0. The Hall–Kier alpha value is -0.760. The summed E-state index contributed by atoms with van der Waals surface area (Å²) in [4.78, 5) is 0. The van der Waals surface area contributed by atoms with Crippen molar-refractivity contribution in [2.24, 2.45) is 5.92 Å². The third kappa shape index (κ3) is 3.88. The lowest BCUT2D eigenvalue weighted by molar-refractivity contribution is 0.390. The predicted octanol–water partition coefficient (Wildman–Crippen LogP) is 4.29. The minimum absolute atomic E-state index is 0.397. The molecule has 17 heavy (non-hydrogen) atoms. The smallest absolute Gasteiger partial charge is 0.120 e. The summed E-state index contributed by atoms with van der Waals surface area (Å²) >= 11 is 0. The van der Waals surface area contributed by atoms with Crippen molar-refractivity contribution < 1.29 is 4.42 Å². The maximum absolute atomic E-state index is 5.45. The monoisotopic (exact) mass is 235 g/mol. The summed E-state index contributed by atoms with van der Waals surface area (Å²) in [5.74, 6) is 2.09. The lowest BCUT2D eigenvalue weighted by atomic mass is 10.0. The molecule has 2 heteroatoms. The van der Waals surface area contributed by atoms with Gasteiger partial charge in [-0.05, 0) is 43.9 Å². The first-order valence-electron chi connectivity index (χ1n) is 7.17. The van der Waals surface area contributed by atoms with Crippen LogP contribution in [-0.4, -0.2) is 6.54 Å². The number of rotatable bonds is 7. The second-order valence-electron chi connectivity index (χ2n) is 5.22. The number of hydrogen-bond donors (Lipinski definition) is 1. The van der Waals surface area contributed by atoms with E-state index in [1.165, 1.54) is 38.5 Å². The molecule has 0 aliphatic heterocycles. The zero-order valence-electron chi connectivity index (χ0n) is 11.0. The topological polar surface area (TPSA) is 25.2 Å². The Labute approximate surface area is 105 Å². The van der Waals surface area contributed by atoms with Crippen molar-refractivity contribution in [3.63, 3.8) is 0 Å². The van der Waals surface area contributed by atoms with E-state index in [4.69, 9.17) is 4.42 Å². The largest absolute Gasteiger partial charge is 0.468 e. The Morgan fingerprint density at radius 3 is 2.88 bits per heavy atom. The summed E-state index contributed by atoms with van der Waals surface area (Å²) in [6, 6.07) is 4.43. The highest BCUT2D eigenvalue weighted by atomic mass is 16.3. The van der Waals surface area contributed by atoms with Crippen LogP contribution in [0.1, 0.15) is 63.7 Å². The van der Waals surface area contributed by atoms with Gasteiger partial charge in [0.25, 0.3) is 0 Å². The fourth-order valence-corrected chi connectivity index (χ4v) is 2.90. The second kappa shape index (κ2) is 6.85. The number of hydrogen-bond acceptors (Lipinski definition) is 2. The van der Waals surface area contributed by atoms with Crippen molar-refractivity contribution in [2.75, 3.05) is 6.54 Å². The molecule has 1 saturated carbocycles. The third-order valence-electron chi connectivity index (χ3n) is 3.95. The minimum Gasteiger partial charge on any atom is -0.468 e. The highest BCUT2D eigenvalue weighted by Gasteiger charge is 2.15. The molecule has 0 spiro atoms. The van der Waals surface area contributed by atoms with E-state index in [1.807, 2.05) is 6.07 Å². The Morgan fingerprint density at radius 1 is 1.41 bits per heavy atom.